The summed E-state index contributed by atoms with van der Waals surface area (Å²) in [7, 11) is 0. The van der Waals surface area contributed by atoms with Crippen LogP contribution in [0.5, 0.6) is 11.5 Å². The molecule has 0 radical (unpaired) electrons. The van der Waals surface area contributed by atoms with Crippen molar-refractivity contribution in [1.29, 1.82) is 0 Å². The third-order valence-corrected chi connectivity index (χ3v) is 11.9. The fourth-order valence-electron chi connectivity index (χ4n) is 8.04. The molecule has 0 heterocycles. The Bertz CT molecular complexity index is 1660. The van der Waals surface area contributed by atoms with Crippen LogP contribution in [-0.4, -0.2) is 9.85 Å². The van der Waals surface area contributed by atoms with Gasteiger partial charge in [0, 0.05) is 12.1 Å². The Morgan fingerprint density at radius 2 is 0.593 bits per heavy atom. The van der Waals surface area contributed by atoms with E-state index >= 15 is 0 Å². The second-order valence-corrected chi connectivity index (χ2v) is 16.6. The summed E-state index contributed by atoms with van der Waals surface area (Å²) in [4.78, 5) is 23.1. The molecule has 59 heavy (non-hydrogen) atoms. The number of nitro groups is 2. The Kier molecular flexibility index (Phi) is 22.4. The summed E-state index contributed by atoms with van der Waals surface area (Å²) in [6.07, 6.45) is 30.4. The number of unbranched alkanes of at least 4 members (excludes halogenated alkanes) is 18. The maximum absolute atomic E-state index is 12.0. The van der Waals surface area contributed by atoms with Crippen molar-refractivity contribution >= 4 is 11.4 Å². The van der Waals surface area contributed by atoms with Gasteiger partial charge in [-0.2, -0.15) is 0 Å². The van der Waals surface area contributed by atoms with E-state index in [1.165, 1.54) is 138 Å². The lowest BCUT2D eigenvalue weighted by Gasteiger charge is -2.10. The van der Waals surface area contributed by atoms with Crippen LogP contribution in [0.4, 0.5) is 11.4 Å². The third kappa shape index (κ3) is 18.5. The van der Waals surface area contributed by atoms with Crippen molar-refractivity contribution in [2.45, 2.75) is 181 Å². The predicted molar refractivity (Wildman–Crippen MR) is 245 cm³/mol. The standard InChI is InChI=1S/C52H72N2O5/c1-3-43-29-33-45(34-30-43)25-21-17-13-9-5-7-11-15-19-23-27-47-37-39-51(49(41-47)53(55)56)59-52-40-38-48(42-50(52)54(57)58)28-24-20-16-12-8-6-10-14-18-22-26-46-35-31-44(4-2)32-36-46/h29-42H,3-28H2,1-2H3. The van der Waals surface area contributed by atoms with E-state index in [-0.39, 0.29) is 22.9 Å². The third-order valence-electron chi connectivity index (χ3n) is 11.9. The molecule has 7 nitrogen and oxygen atoms in total. The summed E-state index contributed by atoms with van der Waals surface area (Å²) in [6.45, 7) is 4.39. The van der Waals surface area contributed by atoms with Gasteiger partial charge in [0.15, 0.2) is 0 Å². The minimum Gasteiger partial charge on any atom is -0.443 e. The van der Waals surface area contributed by atoms with E-state index < -0.39 is 9.85 Å². The zero-order valence-corrected chi connectivity index (χ0v) is 36.4. The van der Waals surface area contributed by atoms with Crippen LogP contribution in [0, 0.1) is 20.2 Å². The molecule has 0 fully saturated rings. The monoisotopic (exact) mass is 805 g/mol. The van der Waals surface area contributed by atoms with Gasteiger partial charge in [-0.1, -0.05) is 177 Å². The molecule has 0 aliphatic heterocycles. The first-order valence-corrected chi connectivity index (χ1v) is 23.2. The first-order valence-electron chi connectivity index (χ1n) is 23.2. The van der Waals surface area contributed by atoms with Crippen LogP contribution in [0.15, 0.2) is 84.9 Å². The summed E-state index contributed by atoms with van der Waals surface area (Å²) < 4.78 is 5.87. The van der Waals surface area contributed by atoms with Gasteiger partial charge in [-0.15, -0.1) is 0 Å². The van der Waals surface area contributed by atoms with Crippen molar-refractivity contribution in [3.8, 4) is 11.5 Å². The Hall–Kier alpha value is -4.52. The van der Waals surface area contributed by atoms with Crippen molar-refractivity contribution in [1.82, 2.24) is 0 Å². The van der Waals surface area contributed by atoms with Crippen LogP contribution in [-0.2, 0) is 38.5 Å². The summed E-state index contributed by atoms with van der Waals surface area (Å²) in [5, 5.41) is 24.0. The fourth-order valence-corrected chi connectivity index (χ4v) is 8.04. The van der Waals surface area contributed by atoms with Crippen LogP contribution in [0.25, 0.3) is 0 Å². The molecule has 0 aliphatic rings. The molecule has 0 aliphatic carbocycles. The van der Waals surface area contributed by atoms with Gasteiger partial charge in [-0.25, -0.2) is 0 Å². The number of rotatable bonds is 32. The summed E-state index contributed by atoms with van der Waals surface area (Å²) in [5.74, 6) is 0.0516. The molecule has 4 aromatic carbocycles. The minimum atomic E-state index is -0.461. The Balaban J connectivity index is 1.06. The van der Waals surface area contributed by atoms with E-state index in [2.05, 4.69) is 62.4 Å². The lowest BCUT2D eigenvalue weighted by molar-refractivity contribution is -0.387. The van der Waals surface area contributed by atoms with E-state index in [1.54, 1.807) is 24.3 Å². The van der Waals surface area contributed by atoms with Crippen LogP contribution in [0.3, 0.4) is 0 Å². The molecule has 0 N–H and O–H groups in total. The van der Waals surface area contributed by atoms with Crippen molar-refractivity contribution < 1.29 is 14.6 Å². The highest BCUT2D eigenvalue weighted by atomic mass is 16.6. The van der Waals surface area contributed by atoms with E-state index in [0.29, 0.717) is 0 Å². The highest BCUT2D eigenvalue weighted by molar-refractivity contribution is 5.55. The average molecular weight is 805 g/mol. The van der Waals surface area contributed by atoms with Crippen LogP contribution >= 0.6 is 0 Å². The molecule has 0 saturated carbocycles. The first kappa shape index (κ1) is 47.2. The summed E-state index contributed by atoms with van der Waals surface area (Å²) >= 11 is 0. The molecule has 0 unspecified atom stereocenters. The van der Waals surface area contributed by atoms with Gasteiger partial charge in [0.2, 0.25) is 11.5 Å². The van der Waals surface area contributed by atoms with Crippen LogP contribution < -0.4 is 4.74 Å². The van der Waals surface area contributed by atoms with Crippen LogP contribution in [0.2, 0.25) is 0 Å². The molecule has 0 bridgehead atoms. The summed E-state index contributed by atoms with van der Waals surface area (Å²) in [6, 6.07) is 28.1. The normalized spacial score (nSPS) is 11.2. The van der Waals surface area contributed by atoms with Crippen molar-refractivity contribution in [2.24, 2.45) is 0 Å². The molecule has 0 amide bonds. The quantitative estimate of drug-likeness (QED) is 0.0278. The fraction of sp³-hybridized carbons (Fsp3) is 0.538. The second-order valence-electron chi connectivity index (χ2n) is 16.6. The Morgan fingerprint density at radius 3 is 0.864 bits per heavy atom. The minimum absolute atomic E-state index is 0.0258. The van der Waals surface area contributed by atoms with Gasteiger partial charge >= 0.3 is 11.4 Å². The second kappa shape index (κ2) is 28.0. The zero-order valence-electron chi connectivity index (χ0n) is 36.4. The number of nitro benzene ring substituents is 2. The molecule has 4 rings (SSSR count). The van der Waals surface area contributed by atoms with Gasteiger partial charge in [0.05, 0.1) is 9.85 Å². The van der Waals surface area contributed by atoms with E-state index in [1.807, 2.05) is 12.1 Å². The largest absolute Gasteiger partial charge is 0.443 e. The zero-order chi connectivity index (χ0) is 41.9. The molecule has 320 valence electrons. The lowest BCUT2D eigenvalue weighted by Crippen LogP contribution is -1.99. The molecular formula is C52H72N2O5. The van der Waals surface area contributed by atoms with Gasteiger partial charge < -0.3 is 4.74 Å². The Labute approximate surface area is 355 Å². The maximum atomic E-state index is 12.0. The molecule has 4 aromatic rings. The number of nitrogens with zero attached hydrogens (tertiary/aromatic N) is 2. The van der Waals surface area contributed by atoms with E-state index in [9.17, 15) is 20.2 Å². The average Bonchev–Trinajstić information content (AvgIpc) is 3.25. The van der Waals surface area contributed by atoms with Crippen molar-refractivity contribution in [3.63, 3.8) is 0 Å². The van der Waals surface area contributed by atoms with Crippen LogP contribution in [0.1, 0.15) is 176 Å². The molecule has 0 atom stereocenters. The van der Waals surface area contributed by atoms with Crippen molar-refractivity contribution in [2.75, 3.05) is 0 Å². The molecule has 7 heteroatoms. The van der Waals surface area contributed by atoms with Gasteiger partial charge in [-0.05, 0) is 110 Å². The molecule has 0 saturated heterocycles. The number of aryl methyl sites for hydroxylation is 6. The van der Waals surface area contributed by atoms with E-state index in [4.69, 9.17) is 4.74 Å². The first-order chi connectivity index (χ1) is 28.9. The number of hydrogen-bond acceptors (Lipinski definition) is 5. The number of ether oxygens (including phenoxy) is 1. The number of benzene rings is 4. The highest BCUT2D eigenvalue weighted by Gasteiger charge is 2.22. The molecule has 0 spiro atoms. The lowest BCUT2D eigenvalue weighted by atomic mass is 10.0. The highest BCUT2D eigenvalue weighted by Crippen LogP contribution is 2.37. The topological polar surface area (TPSA) is 95.5 Å². The molecule has 0 aromatic heterocycles. The summed E-state index contributed by atoms with van der Waals surface area (Å²) in [5.41, 5.74) is 7.16. The van der Waals surface area contributed by atoms with Crippen molar-refractivity contribution in [3.05, 3.63) is 139 Å². The van der Waals surface area contributed by atoms with Gasteiger partial charge in [-0.3, -0.25) is 20.2 Å². The van der Waals surface area contributed by atoms with E-state index in [0.717, 1.165) is 62.5 Å². The van der Waals surface area contributed by atoms with Gasteiger partial charge in [0.1, 0.15) is 0 Å². The van der Waals surface area contributed by atoms with Gasteiger partial charge in [0.25, 0.3) is 0 Å². The molecular weight excluding hydrogens is 733 g/mol. The predicted octanol–water partition coefficient (Wildman–Crippen LogP) is 15.8. The smallest absolute Gasteiger partial charge is 0.311 e. The Morgan fingerprint density at radius 1 is 0.356 bits per heavy atom. The SMILES string of the molecule is CCc1ccc(CCCCCCCCCCCCc2ccc(Oc3ccc(CCCCCCCCCCCCc4ccc(CC)cc4)cc3[N+](=O)[O-])c([N+](=O)[O-])c2)cc1. The number of hydrogen-bond donors (Lipinski definition) is 0. The maximum Gasteiger partial charge on any atom is 0.311 e.